The van der Waals surface area contributed by atoms with Crippen LogP contribution in [-0.4, -0.2) is 30.8 Å². The van der Waals surface area contributed by atoms with Crippen LogP contribution < -0.4 is 10.1 Å². The van der Waals surface area contributed by atoms with Gasteiger partial charge in [0, 0.05) is 30.2 Å². The van der Waals surface area contributed by atoms with Crippen LogP contribution in [0.5, 0.6) is 5.75 Å². The molecule has 0 amide bonds. The molecule has 21 heavy (non-hydrogen) atoms. The second kappa shape index (κ2) is 5.89. The molecule has 0 spiro atoms. The van der Waals surface area contributed by atoms with Crippen molar-refractivity contribution in [2.24, 2.45) is 5.41 Å². The standard InChI is InChI=1S/C15H22N2O4/c1-5-21-14-9-13(15(14,2)3)16-11-8-10(20-4)6-7-12(11)17(18)19/h6-8,13-14,16H,5,9H2,1-4H3. The van der Waals surface area contributed by atoms with Gasteiger partial charge in [-0.2, -0.15) is 0 Å². The highest BCUT2D eigenvalue weighted by atomic mass is 16.6. The molecule has 1 aliphatic carbocycles. The van der Waals surface area contributed by atoms with Gasteiger partial charge in [0.15, 0.2) is 0 Å². The van der Waals surface area contributed by atoms with Gasteiger partial charge < -0.3 is 14.8 Å². The van der Waals surface area contributed by atoms with E-state index in [1.807, 2.05) is 6.92 Å². The minimum Gasteiger partial charge on any atom is -0.497 e. The van der Waals surface area contributed by atoms with E-state index in [1.54, 1.807) is 19.2 Å². The number of hydrogen-bond acceptors (Lipinski definition) is 5. The number of hydrogen-bond donors (Lipinski definition) is 1. The number of methoxy groups -OCH3 is 1. The minimum absolute atomic E-state index is 0.0615. The summed E-state index contributed by atoms with van der Waals surface area (Å²) in [4.78, 5) is 10.8. The number of ether oxygens (including phenoxy) is 2. The molecule has 2 atom stereocenters. The van der Waals surface area contributed by atoms with E-state index in [0.29, 0.717) is 18.0 Å². The average molecular weight is 294 g/mol. The Hall–Kier alpha value is -1.82. The van der Waals surface area contributed by atoms with Gasteiger partial charge in [-0.25, -0.2) is 0 Å². The highest BCUT2D eigenvalue weighted by Gasteiger charge is 2.49. The van der Waals surface area contributed by atoms with E-state index in [2.05, 4.69) is 19.2 Å². The average Bonchev–Trinajstić information content (AvgIpc) is 2.45. The molecule has 2 unspecified atom stereocenters. The van der Waals surface area contributed by atoms with Crippen molar-refractivity contribution < 1.29 is 14.4 Å². The van der Waals surface area contributed by atoms with Gasteiger partial charge in [-0.3, -0.25) is 10.1 Å². The van der Waals surface area contributed by atoms with Crippen molar-refractivity contribution in [3.63, 3.8) is 0 Å². The summed E-state index contributed by atoms with van der Waals surface area (Å²) in [6.07, 6.45) is 1.03. The maximum atomic E-state index is 11.1. The number of rotatable bonds is 6. The molecule has 1 saturated carbocycles. The van der Waals surface area contributed by atoms with E-state index < -0.39 is 0 Å². The molecular weight excluding hydrogens is 272 g/mol. The van der Waals surface area contributed by atoms with Gasteiger partial charge in [0.1, 0.15) is 11.4 Å². The topological polar surface area (TPSA) is 73.6 Å². The Labute approximate surface area is 124 Å². The molecule has 6 nitrogen and oxygen atoms in total. The Balaban J connectivity index is 2.18. The minimum atomic E-state index is -0.381. The Kier molecular flexibility index (Phi) is 4.37. The summed E-state index contributed by atoms with van der Waals surface area (Å²) in [5.41, 5.74) is 0.492. The summed E-state index contributed by atoms with van der Waals surface area (Å²) in [7, 11) is 1.54. The monoisotopic (exact) mass is 294 g/mol. The lowest BCUT2D eigenvalue weighted by molar-refractivity contribution is -0.384. The molecule has 0 aliphatic heterocycles. The summed E-state index contributed by atoms with van der Waals surface area (Å²) >= 11 is 0. The zero-order valence-electron chi connectivity index (χ0n) is 12.9. The summed E-state index contributed by atoms with van der Waals surface area (Å²) in [6.45, 7) is 6.88. The van der Waals surface area contributed by atoms with E-state index in [1.165, 1.54) is 6.07 Å². The van der Waals surface area contributed by atoms with E-state index in [4.69, 9.17) is 9.47 Å². The zero-order valence-corrected chi connectivity index (χ0v) is 12.9. The molecule has 1 aromatic carbocycles. The highest BCUT2D eigenvalue weighted by molar-refractivity contribution is 5.65. The van der Waals surface area contributed by atoms with Gasteiger partial charge in [0.25, 0.3) is 5.69 Å². The number of anilines is 1. The largest absolute Gasteiger partial charge is 0.497 e. The normalized spacial score (nSPS) is 23.2. The third kappa shape index (κ3) is 2.95. The quantitative estimate of drug-likeness (QED) is 0.644. The molecule has 116 valence electrons. The van der Waals surface area contributed by atoms with Crippen LogP contribution in [0, 0.1) is 15.5 Å². The smallest absolute Gasteiger partial charge is 0.292 e. The fourth-order valence-corrected chi connectivity index (χ4v) is 2.72. The van der Waals surface area contributed by atoms with Gasteiger partial charge in [-0.1, -0.05) is 13.8 Å². The first-order valence-electron chi connectivity index (χ1n) is 7.10. The van der Waals surface area contributed by atoms with E-state index >= 15 is 0 Å². The first-order valence-corrected chi connectivity index (χ1v) is 7.10. The maximum Gasteiger partial charge on any atom is 0.292 e. The van der Waals surface area contributed by atoms with Crippen LogP contribution in [0.15, 0.2) is 18.2 Å². The van der Waals surface area contributed by atoms with Gasteiger partial charge in [-0.05, 0) is 19.4 Å². The van der Waals surface area contributed by atoms with Crippen LogP contribution in [0.2, 0.25) is 0 Å². The number of nitro benzene ring substituents is 1. The molecule has 1 N–H and O–H groups in total. The SMILES string of the molecule is CCOC1CC(Nc2cc(OC)ccc2[N+](=O)[O-])C1(C)C. The van der Waals surface area contributed by atoms with Crippen molar-refractivity contribution in [3.05, 3.63) is 28.3 Å². The van der Waals surface area contributed by atoms with Gasteiger partial charge in [0.2, 0.25) is 0 Å². The van der Waals surface area contributed by atoms with Crippen LogP contribution in [0.4, 0.5) is 11.4 Å². The molecule has 1 fully saturated rings. The molecular formula is C15H22N2O4. The highest BCUT2D eigenvalue weighted by Crippen LogP contribution is 2.45. The molecule has 0 aromatic heterocycles. The fourth-order valence-electron chi connectivity index (χ4n) is 2.72. The van der Waals surface area contributed by atoms with Crippen LogP contribution in [0.1, 0.15) is 27.2 Å². The second-order valence-electron chi connectivity index (χ2n) is 5.84. The lowest BCUT2D eigenvalue weighted by Gasteiger charge is -2.51. The van der Waals surface area contributed by atoms with Crippen LogP contribution in [0.25, 0.3) is 0 Å². The number of nitro groups is 1. The molecule has 2 rings (SSSR count). The molecule has 1 aliphatic rings. The predicted octanol–water partition coefficient (Wildman–Crippen LogP) is 3.22. The molecule has 0 heterocycles. The first kappa shape index (κ1) is 15.6. The number of benzene rings is 1. The van der Waals surface area contributed by atoms with Crippen LogP contribution in [0.3, 0.4) is 0 Å². The molecule has 0 radical (unpaired) electrons. The molecule has 6 heteroatoms. The molecule has 0 saturated heterocycles. The Morgan fingerprint density at radius 1 is 1.48 bits per heavy atom. The van der Waals surface area contributed by atoms with E-state index in [-0.39, 0.29) is 28.2 Å². The summed E-state index contributed by atoms with van der Waals surface area (Å²) in [6, 6.07) is 4.87. The van der Waals surface area contributed by atoms with Crippen molar-refractivity contribution >= 4 is 11.4 Å². The fraction of sp³-hybridized carbons (Fsp3) is 0.600. The zero-order chi connectivity index (χ0) is 15.6. The summed E-state index contributed by atoms with van der Waals surface area (Å²) in [5.74, 6) is 0.599. The molecule has 1 aromatic rings. The molecule has 0 bridgehead atoms. The van der Waals surface area contributed by atoms with Crippen LogP contribution >= 0.6 is 0 Å². The summed E-state index contributed by atoms with van der Waals surface area (Å²) in [5, 5.41) is 14.4. The van der Waals surface area contributed by atoms with Gasteiger partial charge >= 0.3 is 0 Å². The van der Waals surface area contributed by atoms with Crippen molar-refractivity contribution in [1.82, 2.24) is 0 Å². The lowest BCUT2D eigenvalue weighted by atomic mass is 9.64. The number of nitrogens with zero attached hydrogens (tertiary/aromatic N) is 1. The Morgan fingerprint density at radius 3 is 2.71 bits per heavy atom. The second-order valence-corrected chi connectivity index (χ2v) is 5.84. The Morgan fingerprint density at radius 2 is 2.19 bits per heavy atom. The summed E-state index contributed by atoms with van der Waals surface area (Å²) < 4.78 is 10.8. The first-order chi connectivity index (χ1) is 9.90. The van der Waals surface area contributed by atoms with Crippen molar-refractivity contribution in [2.75, 3.05) is 19.0 Å². The number of nitrogens with one attached hydrogen (secondary N) is 1. The Bertz CT molecular complexity index is 530. The van der Waals surface area contributed by atoms with Gasteiger partial charge in [-0.15, -0.1) is 0 Å². The predicted molar refractivity (Wildman–Crippen MR) is 80.9 cm³/mol. The third-order valence-electron chi connectivity index (χ3n) is 4.28. The third-order valence-corrected chi connectivity index (χ3v) is 4.28. The van der Waals surface area contributed by atoms with Crippen molar-refractivity contribution in [2.45, 2.75) is 39.3 Å². The van der Waals surface area contributed by atoms with E-state index in [9.17, 15) is 10.1 Å². The lowest BCUT2D eigenvalue weighted by Crippen LogP contribution is -2.58. The maximum absolute atomic E-state index is 11.1. The van der Waals surface area contributed by atoms with Gasteiger partial charge in [0.05, 0.1) is 18.1 Å². The van der Waals surface area contributed by atoms with Crippen LogP contribution in [-0.2, 0) is 4.74 Å². The van der Waals surface area contributed by atoms with Crippen molar-refractivity contribution in [3.8, 4) is 5.75 Å². The van der Waals surface area contributed by atoms with Crippen molar-refractivity contribution in [1.29, 1.82) is 0 Å². The van der Waals surface area contributed by atoms with E-state index in [0.717, 1.165) is 6.42 Å².